The van der Waals surface area contributed by atoms with Gasteiger partial charge in [-0.2, -0.15) is 0 Å². The van der Waals surface area contributed by atoms with Gasteiger partial charge in [0.2, 0.25) is 0 Å². The molecular formula is C23H14N2O2. The zero-order valence-corrected chi connectivity index (χ0v) is 14.3. The molecule has 2 heterocycles. The molecule has 0 radical (unpaired) electrons. The predicted octanol–water partition coefficient (Wildman–Crippen LogP) is 4.70. The number of para-hydroxylation sites is 1. The Bertz CT molecular complexity index is 1190. The molecular weight excluding hydrogens is 336 g/mol. The van der Waals surface area contributed by atoms with Crippen LogP contribution in [-0.4, -0.2) is 16.8 Å². The first-order chi connectivity index (χ1) is 13.2. The van der Waals surface area contributed by atoms with E-state index in [1.54, 1.807) is 30.3 Å². The third kappa shape index (κ3) is 2.42. The lowest BCUT2D eigenvalue weighted by atomic mass is 10.0. The van der Waals surface area contributed by atoms with Crippen molar-refractivity contribution >= 4 is 28.4 Å². The summed E-state index contributed by atoms with van der Waals surface area (Å²) in [4.78, 5) is 31.2. The number of carbonyl (C=O) groups is 2. The van der Waals surface area contributed by atoms with E-state index in [0.717, 1.165) is 22.0 Å². The number of fused-ring (bicyclic) bond motifs is 2. The summed E-state index contributed by atoms with van der Waals surface area (Å²) >= 11 is 0. The molecule has 1 aliphatic heterocycles. The molecule has 0 atom stereocenters. The summed E-state index contributed by atoms with van der Waals surface area (Å²) in [5.41, 5.74) is 4.22. The first-order valence-electron chi connectivity index (χ1n) is 8.65. The second-order valence-corrected chi connectivity index (χ2v) is 6.46. The lowest BCUT2D eigenvalue weighted by Crippen LogP contribution is -2.29. The Morgan fingerprint density at radius 3 is 2.15 bits per heavy atom. The van der Waals surface area contributed by atoms with Gasteiger partial charge in [-0.15, -0.1) is 0 Å². The van der Waals surface area contributed by atoms with Gasteiger partial charge in [0.15, 0.2) is 0 Å². The summed E-state index contributed by atoms with van der Waals surface area (Å²) in [6.07, 6.45) is 1.81. The van der Waals surface area contributed by atoms with E-state index in [2.05, 4.69) is 11.1 Å². The lowest BCUT2D eigenvalue weighted by Gasteiger charge is -2.15. The lowest BCUT2D eigenvalue weighted by molar-refractivity contribution is 0.0926. The Hall–Kier alpha value is -3.79. The van der Waals surface area contributed by atoms with Gasteiger partial charge in [-0.05, 0) is 42.0 Å². The maximum atomic E-state index is 12.7. The summed E-state index contributed by atoms with van der Waals surface area (Å²) in [7, 11) is 0. The molecule has 128 valence electrons. The molecule has 0 N–H and O–H groups in total. The summed E-state index contributed by atoms with van der Waals surface area (Å²) in [6.45, 7) is 0. The summed E-state index contributed by atoms with van der Waals surface area (Å²) < 4.78 is 0. The van der Waals surface area contributed by atoms with Gasteiger partial charge in [-0.3, -0.25) is 14.6 Å². The molecule has 2 amide bonds. The van der Waals surface area contributed by atoms with Gasteiger partial charge in [0.25, 0.3) is 11.8 Å². The van der Waals surface area contributed by atoms with Gasteiger partial charge in [0.05, 0.1) is 22.3 Å². The Balaban J connectivity index is 1.58. The Kier molecular flexibility index (Phi) is 3.37. The van der Waals surface area contributed by atoms with Gasteiger partial charge in [0.1, 0.15) is 0 Å². The average Bonchev–Trinajstić information content (AvgIpc) is 2.98. The van der Waals surface area contributed by atoms with Crippen LogP contribution in [0.2, 0.25) is 0 Å². The number of hydrogen-bond acceptors (Lipinski definition) is 3. The molecule has 0 spiro atoms. The van der Waals surface area contributed by atoms with Crippen molar-refractivity contribution in [3.8, 4) is 11.1 Å². The number of aromatic nitrogens is 1. The Labute approximate surface area is 155 Å². The van der Waals surface area contributed by atoms with Crippen LogP contribution in [-0.2, 0) is 0 Å². The van der Waals surface area contributed by atoms with E-state index in [-0.39, 0.29) is 11.8 Å². The van der Waals surface area contributed by atoms with E-state index in [9.17, 15) is 9.59 Å². The van der Waals surface area contributed by atoms with E-state index >= 15 is 0 Å². The molecule has 0 fully saturated rings. The SMILES string of the molecule is O=C1c2ccccc2C(=O)N1c1cccc(-c2cnc3ccccc3c2)c1. The topological polar surface area (TPSA) is 50.3 Å². The molecule has 27 heavy (non-hydrogen) atoms. The number of nitrogens with zero attached hydrogens (tertiary/aromatic N) is 2. The zero-order chi connectivity index (χ0) is 18.4. The van der Waals surface area contributed by atoms with E-state index < -0.39 is 0 Å². The van der Waals surface area contributed by atoms with Crippen molar-refractivity contribution in [3.63, 3.8) is 0 Å². The van der Waals surface area contributed by atoms with Crippen LogP contribution >= 0.6 is 0 Å². The van der Waals surface area contributed by atoms with Crippen LogP contribution in [0.25, 0.3) is 22.0 Å². The first-order valence-corrected chi connectivity index (χ1v) is 8.65. The fourth-order valence-electron chi connectivity index (χ4n) is 3.48. The predicted molar refractivity (Wildman–Crippen MR) is 105 cm³/mol. The van der Waals surface area contributed by atoms with Gasteiger partial charge in [-0.25, -0.2) is 4.90 Å². The highest BCUT2D eigenvalue weighted by molar-refractivity contribution is 6.34. The second-order valence-electron chi connectivity index (χ2n) is 6.46. The quantitative estimate of drug-likeness (QED) is 0.492. The van der Waals surface area contributed by atoms with Crippen LogP contribution in [0.1, 0.15) is 20.7 Å². The number of imide groups is 1. The highest BCUT2D eigenvalue weighted by Crippen LogP contribution is 2.31. The summed E-state index contributed by atoms with van der Waals surface area (Å²) in [6, 6.07) is 24.3. The number of rotatable bonds is 2. The number of hydrogen-bond donors (Lipinski definition) is 0. The Morgan fingerprint density at radius 1 is 0.667 bits per heavy atom. The van der Waals surface area contributed by atoms with Crippen molar-refractivity contribution in [2.75, 3.05) is 4.90 Å². The monoisotopic (exact) mass is 350 g/mol. The van der Waals surface area contributed by atoms with Crippen molar-refractivity contribution < 1.29 is 9.59 Å². The molecule has 0 saturated carbocycles. The number of pyridine rings is 1. The molecule has 1 aliphatic rings. The van der Waals surface area contributed by atoms with E-state index in [4.69, 9.17) is 0 Å². The third-order valence-electron chi connectivity index (χ3n) is 4.82. The molecule has 4 nitrogen and oxygen atoms in total. The van der Waals surface area contributed by atoms with Crippen LogP contribution in [0.3, 0.4) is 0 Å². The van der Waals surface area contributed by atoms with Gasteiger partial charge in [0, 0.05) is 17.1 Å². The number of anilines is 1. The summed E-state index contributed by atoms with van der Waals surface area (Å²) in [5, 5.41) is 1.04. The first kappa shape index (κ1) is 15.5. The maximum Gasteiger partial charge on any atom is 0.266 e. The minimum Gasteiger partial charge on any atom is -0.268 e. The van der Waals surface area contributed by atoms with Crippen LogP contribution in [0.4, 0.5) is 5.69 Å². The second kappa shape index (κ2) is 5.88. The number of carbonyl (C=O) groups excluding carboxylic acids is 2. The van der Waals surface area contributed by atoms with E-state index in [1.807, 2.05) is 48.7 Å². The van der Waals surface area contributed by atoms with Crippen LogP contribution < -0.4 is 4.90 Å². The van der Waals surface area contributed by atoms with E-state index in [0.29, 0.717) is 16.8 Å². The van der Waals surface area contributed by atoms with Crippen molar-refractivity contribution in [2.45, 2.75) is 0 Å². The van der Waals surface area contributed by atoms with Crippen molar-refractivity contribution in [3.05, 3.63) is 96.2 Å². The molecule has 1 aromatic heterocycles. The molecule has 4 heteroatoms. The average molecular weight is 350 g/mol. The van der Waals surface area contributed by atoms with Gasteiger partial charge in [-0.1, -0.05) is 42.5 Å². The van der Waals surface area contributed by atoms with Crippen LogP contribution in [0.5, 0.6) is 0 Å². The van der Waals surface area contributed by atoms with Crippen molar-refractivity contribution in [1.82, 2.24) is 4.98 Å². The van der Waals surface area contributed by atoms with E-state index in [1.165, 1.54) is 4.90 Å². The largest absolute Gasteiger partial charge is 0.268 e. The molecule has 0 unspecified atom stereocenters. The van der Waals surface area contributed by atoms with Crippen molar-refractivity contribution in [1.29, 1.82) is 0 Å². The Morgan fingerprint density at radius 2 is 1.37 bits per heavy atom. The highest BCUT2D eigenvalue weighted by atomic mass is 16.2. The fourth-order valence-corrected chi connectivity index (χ4v) is 3.48. The van der Waals surface area contributed by atoms with Gasteiger partial charge >= 0.3 is 0 Å². The molecule has 0 aliphatic carbocycles. The molecule has 0 saturated heterocycles. The minimum atomic E-state index is -0.288. The minimum absolute atomic E-state index is 0.288. The normalized spacial score (nSPS) is 13.3. The van der Waals surface area contributed by atoms with Crippen LogP contribution in [0, 0.1) is 0 Å². The molecule has 5 rings (SSSR count). The van der Waals surface area contributed by atoms with Crippen LogP contribution in [0.15, 0.2) is 85.1 Å². The van der Waals surface area contributed by atoms with Gasteiger partial charge < -0.3 is 0 Å². The molecule has 4 aromatic rings. The summed E-state index contributed by atoms with van der Waals surface area (Å²) in [5.74, 6) is -0.575. The standard InChI is InChI=1S/C23H14N2O2/c26-22-19-9-2-3-10-20(19)23(27)25(22)18-8-5-7-15(13-18)17-12-16-6-1-4-11-21(16)24-14-17/h1-14H. The number of amides is 2. The third-order valence-corrected chi connectivity index (χ3v) is 4.82. The molecule has 0 bridgehead atoms. The highest BCUT2D eigenvalue weighted by Gasteiger charge is 2.36. The zero-order valence-electron chi connectivity index (χ0n) is 14.3. The van der Waals surface area contributed by atoms with Crippen molar-refractivity contribution in [2.24, 2.45) is 0 Å². The smallest absolute Gasteiger partial charge is 0.266 e. The molecule has 3 aromatic carbocycles. The number of benzene rings is 3. The fraction of sp³-hybridized carbons (Fsp3) is 0. The maximum absolute atomic E-state index is 12.7.